The Labute approximate surface area is 287 Å². The minimum Gasteiger partial charge on any atom is -0.394 e. The van der Waals surface area contributed by atoms with Crippen molar-refractivity contribution in [3.05, 3.63) is 59.5 Å². The van der Waals surface area contributed by atoms with Gasteiger partial charge in [-0.25, -0.2) is 4.79 Å². The third-order valence-corrected chi connectivity index (χ3v) is 9.14. The van der Waals surface area contributed by atoms with E-state index in [1.807, 2.05) is 4.98 Å². The van der Waals surface area contributed by atoms with Gasteiger partial charge in [0, 0.05) is 37.6 Å². The molecule has 26 heteroatoms. The van der Waals surface area contributed by atoms with Gasteiger partial charge in [-0.05, 0) is 12.2 Å². The SMILES string of the molecule is O=c1[nH]c(=O)n(CNCCS(=O)(=O)O)cc1[C@@H]1O[C@H](CO)[C@@H](O)[C@H]1O.O=c1[nH]c(=S)n([C@@H]2O[C@H](CO)[C@@H](O)[C@H]2O)cc1CNCCS(=O)(=O)O. The average Bonchev–Trinajstić information content (AvgIpc) is 3.47. The first-order valence-electron chi connectivity index (χ1n) is 14.5. The fraction of sp³-hybridized carbons (Fsp3) is 0.667. The molecule has 0 radical (unpaired) electrons. The van der Waals surface area contributed by atoms with Gasteiger partial charge < -0.3 is 45.4 Å². The smallest absolute Gasteiger partial charge is 0.329 e. The lowest BCUT2D eigenvalue weighted by atomic mass is 10.0. The molecule has 284 valence electrons. The Bertz CT molecular complexity index is 1780. The summed E-state index contributed by atoms with van der Waals surface area (Å²) in [4.78, 5) is 40.1. The maximum Gasteiger partial charge on any atom is 0.329 e. The summed E-state index contributed by atoms with van der Waals surface area (Å²) in [6, 6.07) is 0. The maximum atomic E-state index is 12.0. The molecular formula is C24H38N6O17S3. The quantitative estimate of drug-likeness (QED) is 0.0482. The second kappa shape index (κ2) is 17.6. The highest BCUT2D eigenvalue weighted by Crippen LogP contribution is 2.31. The van der Waals surface area contributed by atoms with Gasteiger partial charge in [-0.2, -0.15) is 16.8 Å². The Hall–Kier alpha value is -2.80. The molecule has 2 fully saturated rings. The van der Waals surface area contributed by atoms with E-state index >= 15 is 0 Å². The minimum absolute atomic E-state index is 0.0325. The van der Waals surface area contributed by atoms with Crippen LogP contribution in [0.3, 0.4) is 0 Å². The number of rotatable bonds is 14. The number of aliphatic hydroxyl groups is 6. The first-order valence-corrected chi connectivity index (χ1v) is 18.1. The molecule has 50 heavy (non-hydrogen) atoms. The summed E-state index contributed by atoms with van der Waals surface area (Å²) < 4.78 is 72.6. The van der Waals surface area contributed by atoms with Crippen LogP contribution < -0.4 is 27.4 Å². The van der Waals surface area contributed by atoms with E-state index in [2.05, 4.69) is 15.6 Å². The highest BCUT2D eigenvalue weighted by molar-refractivity contribution is 7.86. The fourth-order valence-corrected chi connectivity index (χ4v) is 5.83. The standard InChI is InChI=1S/C12H19N3O9S.C12H19N3O8S2/c16-4-7-8(17)9(18)10(24-7)6-3-15(12(20)14-11(6)19)5-13-1-2-25(21,22)23;16-5-7-8(17)9(18)11(23-7)15-4-6(10(19)14-12(15)24)3-13-1-2-25(20,21)22/h3,7-10,13,16-18H,1-2,4-5H2,(H,14,19,20)(H,21,22,23);4,7-9,11,13,16-18H,1-3,5H2,(H,14,19,24)(H,20,21,22)/t7-,8-,9-,10+;7-,8-,9-,11-/m11/s1. The van der Waals surface area contributed by atoms with Crippen LogP contribution in [0.2, 0.25) is 0 Å². The Morgan fingerprint density at radius 1 is 0.780 bits per heavy atom. The molecule has 2 aliphatic heterocycles. The van der Waals surface area contributed by atoms with Crippen LogP contribution >= 0.6 is 12.2 Å². The number of aromatic nitrogens is 4. The predicted octanol–water partition coefficient (Wildman–Crippen LogP) is -6.38. The number of H-pyrrole nitrogens is 2. The van der Waals surface area contributed by atoms with Crippen molar-refractivity contribution < 1.29 is 66.1 Å². The molecule has 2 saturated heterocycles. The van der Waals surface area contributed by atoms with Crippen LogP contribution in [0.15, 0.2) is 26.8 Å². The maximum absolute atomic E-state index is 12.0. The van der Waals surface area contributed by atoms with E-state index in [-0.39, 0.29) is 42.2 Å². The largest absolute Gasteiger partial charge is 0.394 e. The van der Waals surface area contributed by atoms with Crippen LogP contribution in [0.25, 0.3) is 0 Å². The third kappa shape index (κ3) is 11.1. The van der Waals surface area contributed by atoms with Crippen LogP contribution in [-0.4, -0.2) is 150 Å². The number of hydrogen-bond acceptors (Lipinski definition) is 18. The Kier molecular flexibility index (Phi) is 14.7. The van der Waals surface area contributed by atoms with E-state index in [1.54, 1.807) is 0 Å². The zero-order valence-corrected chi connectivity index (χ0v) is 28.3. The van der Waals surface area contributed by atoms with E-state index in [0.717, 1.165) is 10.8 Å². The summed E-state index contributed by atoms with van der Waals surface area (Å²) in [5.41, 5.74) is -2.11. The normalized spacial score (nSPS) is 26.9. The molecule has 0 aliphatic carbocycles. The highest BCUT2D eigenvalue weighted by Gasteiger charge is 2.45. The lowest BCUT2D eigenvalue weighted by molar-refractivity contribution is -0.0542. The first kappa shape index (κ1) is 41.6. The first-order chi connectivity index (χ1) is 23.3. The molecule has 12 N–H and O–H groups in total. The molecule has 0 aromatic carbocycles. The topological polar surface area (TPSA) is 365 Å². The van der Waals surface area contributed by atoms with E-state index in [9.17, 15) is 51.6 Å². The molecule has 23 nitrogen and oxygen atoms in total. The molecule has 8 atom stereocenters. The second-order valence-electron chi connectivity index (χ2n) is 11.0. The van der Waals surface area contributed by atoms with Gasteiger partial charge in [0.1, 0.15) is 42.7 Å². The van der Waals surface area contributed by atoms with E-state index in [4.69, 9.17) is 41.0 Å². The summed E-state index contributed by atoms with van der Waals surface area (Å²) in [6.07, 6.45) is -7.58. The molecule has 2 aromatic rings. The number of hydrogen-bond donors (Lipinski definition) is 12. The minimum atomic E-state index is -4.15. The van der Waals surface area contributed by atoms with Crippen LogP contribution in [0.4, 0.5) is 0 Å². The van der Waals surface area contributed by atoms with Gasteiger partial charge in [0.15, 0.2) is 11.0 Å². The molecule has 2 aromatic heterocycles. The van der Waals surface area contributed by atoms with Crippen LogP contribution in [-0.2, 0) is 42.9 Å². The van der Waals surface area contributed by atoms with Crippen molar-refractivity contribution in [3.8, 4) is 0 Å². The number of nitrogens with zero attached hydrogens (tertiary/aromatic N) is 2. The van der Waals surface area contributed by atoms with Gasteiger partial charge >= 0.3 is 5.69 Å². The molecule has 0 bridgehead atoms. The van der Waals surface area contributed by atoms with Gasteiger partial charge in [0.2, 0.25) is 0 Å². The number of nitrogens with one attached hydrogen (secondary N) is 4. The molecule has 4 heterocycles. The van der Waals surface area contributed by atoms with Gasteiger partial charge in [-0.15, -0.1) is 0 Å². The lowest BCUT2D eigenvalue weighted by Crippen LogP contribution is -2.38. The van der Waals surface area contributed by atoms with Crippen molar-refractivity contribution in [2.45, 2.75) is 62.2 Å². The zero-order valence-electron chi connectivity index (χ0n) is 25.8. The van der Waals surface area contributed by atoms with Crippen molar-refractivity contribution in [2.75, 3.05) is 37.8 Å². The van der Waals surface area contributed by atoms with E-state index in [0.29, 0.717) is 0 Å². The molecule has 0 spiro atoms. The van der Waals surface area contributed by atoms with Gasteiger partial charge in [0.05, 0.1) is 37.0 Å². The monoisotopic (exact) mass is 778 g/mol. The highest BCUT2D eigenvalue weighted by atomic mass is 32.2. The van der Waals surface area contributed by atoms with Crippen LogP contribution in [0.5, 0.6) is 0 Å². The van der Waals surface area contributed by atoms with E-state index in [1.165, 1.54) is 10.8 Å². The molecular weight excluding hydrogens is 740 g/mol. The second-order valence-corrected chi connectivity index (χ2v) is 14.6. The zero-order chi connectivity index (χ0) is 37.6. The Morgan fingerprint density at radius 3 is 1.88 bits per heavy atom. The summed E-state index contributed by atoms with van der Waals surface area (Å²) in [6.45, 7) is -1.52. The average molecular weight is 779 g/mol. The van der Waals surface area contributed by atoms with Crippen LogP contribution in [0.1, 0.15) is 23.5 Å². The lowest BCUT2D eigenvalue weighted by Gasteiger charge is -2.19. The van der Waals surface area contributed by atoms with Gasteiger partial charge in [-0.1, -0.05) is 0 Å². The Morgan fingerprint density at radius 2 is 1.34 bits per heavy atom. The predicted molar refractivity (Wildman–Crippen MR) is 169 cm³/mol. The molecule has 0 unspecified atom stereocenters. The summed E-state index contributed by atoms with van der Waals surface area (Å²) in [5.74, 6) is -1.08. The Balaban J connectivity index is 0.000000270. The summed E-state index contributed by atoms with van der Waals surface area (Å²) >= 11 is 5.03. The summed E-state index contributed by atoms with van der Waals surface area (Å²) in [7, 11) is -8.27. The van der Waals surface area contributed by atoms with Crippen LogP contribution in [0, 0.1) is 4.77 Å². The number of ether oxygens (including phenoxy) is 2. The van der Waals surface area contributed by atoms with Crippen molar-refractivity contribution in [3.63, 3.8) is 0 Å². The number of aromatic amines is 2. The molecule has 0 saturated carbocycles. The third-order valence-electron chi connectivity index (χ3n) is 7.39. The molecule has 0 amide bonds. The van der Waals surface area contributed by atoms with Gasteiger partial charge in [-0.3, -0.25) is 43.1 Å². The molecule has 2 aliphatic rings. The number of aliphatic hydroxyl groups excluding tert-OH is 6. The van der Waals surface area contributed by atoms with Crippen molar-refractivity contribution in [1.29, 1.82) is 0 Å². The fourth-order valence-electron chi connectivity index (χ4n) is 4.78. The van der Waals surface area contributed by atoms with Crippen molar-refractivity contribution in [2.24, 2.45) is 0 Å². The summed E-state index contributed by atoms with van der Waals surface area (Å²) in [5, 5.41) is 63.0. The molecule has 4 rings (SSSR count). The van der Waals surface area contributed by atoms with Crippen molar-refractivity contribution >= 4 is 32.5 Å². The van der Waals surface area contributed by atoms with E-state index < -0.39 is 111 Å². The van der Waals surface area contributed by atoms with Crippen molar-refractivity contribution in [1.82, 2.24) is 29.7 Å². The van der Waals surface area contributed by atoms with Gasteiger partial charge in [0.25, 0.3) is 31.4 Å².